The lowest BCUT2D eigenvalue weighted by atomic mass is 10.0. The SMILES string of the molecule is CNC(=O)c1ccc(N2CCCC(N(C)C)C2)c(N)c1. The molecular formula is C15H24N4O. The van der Waals surface area contributed by atoms with Gasteiger partial charge in [-0.3, -0.25) is 4.79 Å². The summed E-state index contributed by atoms with van der Waals surface area (Å²) in [5.74, 6) is -0.104. The summed E-state index contributed by atoms with van der Waals surface area (Å²) in [5.41, 5.74) is 8.44. The second kappa shape index (κ2) is 6.13. The van der Waals surface area contributed by atoms with Gasteiger partial charge in [0.2, 0.25) is 0 Å². The summed E-state index contributed by atoms with van der Waals surface area (Å²) < 4.78 is 0. The predicted molar refractivity (Wildman–Crippen MR) is 83.2 cm³/mol. The number of nitrogen functional groups attached to an aromatic ring is 1. The highest BCUT2D eigenvalue weighted by molar-refractivity contribution is 5.96. The smallest absolute Gasteiger partial charge is 0.251 e. The van der Waals surface area contributed by atoms with E-state index in [2.05, 4.69) is 29.2 Å². The van der Waals surface area contributed by atoms with E-state index in [1.54, 1.807) is 13.1 Å². The van der Waals surface area contributed by atoms with Crippen LogP contribution in [0.3, 0.4) is 0 Å². The molecule has 0 spiro atoms. The van der Waals surface area contributed by atoms with Gasteiger partial charge in [0, 0.05) is 31.7 Å². The first-order valence-corrected chi connectivity index (χ1v) is 7.06. The van der Waals surface area contributed by atoms with Crippen molar-refractivity contribution in [3.8, 4) is 0 Å². The second-order valence-corrected chi connectivity index (χ2v) is 5.56. The Morgan fingerprint density at radius 1 is 1.45 bits per heavy atom. The Morgan fingerprint density at radius 3 is 2.80 bits per heavy atom. The number of nitrogens with one attached hydrogen (secondary N) is 1. The summed E-state index contributed by atoms with van der Waals surface area (Å²) >= 11 is 0. The second-order valence-electron chi connectivity index (χ2n) is 5.56. The number of anilines is 2. The lowest BCUT2D eigenvalue weighted by Crippen LogP contribution is -2.45. The van der Waals surface area contributed by atoms with Gasteiger partial charge in [0.25, 0.3) is 5.91 Å². The quantitative estimate of drug-likeness (QED) is 0.813. The van der Waals surface area contributed by atoms with E-state index in [4.69, 9.17) is 5.73 Å². The number of nitrogens with zero attached hydrogens (tertiary/aromatic N) is 2. The van der Waals surface area contributed by atoms with Crippen molar-refractivity contribution in [2.75, 3.05) is 44.9 Å². The molecule has 0 aromatic heterocycles. The van der Waals surface area contributed by atoms with E-state index in [0.717, 1.165) is 18.8 Å². The summed E-state index contributed by atoms with van der Waals surface area (Å²) in [6.45, 7) is 2.00. The molecule has 0 bridgehead atoms. The molecule has 1 atom stereocenters. The first-order chi connectivity index (χ1) is 9.52. The van der Waals surface area contributed by atoms with E-state index in [1.165, 1.54) is 12.8 Å². The number of nitrogens with two attached hydrogens (primary N) is 1. The molecule has 1 fully saturated rings. The topological polar surface area (TPSA) is 61.6 Å². The summed E-state index contributed by atoms with van der Waals surface area (Å²) in [4.78, 5) is 16.2. The fourth-order valence-corrected chi connectivity index (χ4v) is 2.72. The fourth-order valence-electron chi connectivity index (χ4n) is 2.72. The van der Waals surface area contributed by atoms with Crippen LogP contribution in [-0.4, -0.2) is 51.1 Å². The average Bonchev–Trinajstić information content (AvgIpc) is 2.46. The van der Waals surface area contributed by atoms with Crippen LogP contribution in [0.25, 0.3) is 0 Å². The van der Waals surface area contributed by atoms with Gasteiger partial charge in [-0.2, -0.15) is 0 Å². The largest absolute Gasteiger partial charge is 0.397 e. The zero-order valence-corrected chi connectivity index (χ0v) is 12.5. The Hall–Kier alpha value is -1.75. The van der Waals surface area contributed by atoms with Crippen LogP contribution in [-0.2, 0) is 0 Å². The van der Waals surface area contributed by atoms with Crippen LogP contribution in [0.15, 0.2) is 18.2 Å². The molecule has 1 aromatic carbocycles. The Kier molecular flexibility index (Phi) is 4.49. The maximum Gasteiger partial charge on any atom is 0.251 e. The van der Waals surface area contributed by atoms with Crippen molar-refractivity contribution in [2.45, 2.75) is 18.9 Å². The predicted octanol–water partition coefficient (Wildman–Crippen LogP) is 1.16. The zero-order chi connectivity index (χ0) is 14.7. The van der Waals surface area contributed by atoms with E-state index < -0.39 is 0 Å². The standard InChI is InChI=1S/C15H24N4O/c1-17-15(20)11-6-7-14(13(16)9-11)19-8-4-5-12(10-19)18(2)3/h6-7,9,12H,4-5,8,10,16H2,1-3H3,(H,17,20). The minimum atomic E-state index is -0.104. The highest BCUT2D eigenvalue weighted by atomic mass is 16.1. The maximum absolute atomic E-state index is 11.6. The van der Waals surface area contributed by atoms with Crippen molar-refractivity contribution in [2.24, 2.45) is 0 Å². The van der Waals surface area contributed by atoms with E-state index in [0.29, 0.717) is 17.3 Å². The summed E-state index contributed by atoms with van der Waals surface area (Å²) in [6.07, 6.45) is 2.39. The summed E-state index contributed by atoms with van der Waals surface area (Å²) in [6, 6.07) is 6.11. The molecule has 1 aromatic rings. The van der Waals surface area contributed by atoms with Gasteiger partial charge in [0.1, 0.15) is 0 Å². The van der Waals surface area contributed by atoms with Crippen LogP contribution in [0, 0.1) is 0 Å². The van der Waals surface area contributed by atoms with E-state index in [1.807, 2.05) is 12.1 Å². The minimum absolute atomic E-state index is 0.104. The van der Waals surface area contributed by atoms with E-state index in [9.17, 15) is 4.79 Å². The van der Waals surface area contributed by atoms with Gasteiger partial charge in [0.15, 0.2) is 0 Å². The fraction of sp³-hybridized carbons (Fsp3) is 0.533. The van der Waals surface area contributed by atoms with Crippen molar-refractivity contribution >= 4 is 17.3 Å². The molecule has 5 nitrogen and oxygen atoms in total. The number of carbonyl (C=O) groups is 1. The Morgan fingerprint density at radius 2 is 2.20 bits per heavy atom. The monoisotopic (exact) mass is 276 g/mol. The molecule has 20 heavy (non-hydrogen) atoms. The lowest BCUT2D eigenvalue weighted by molar-refractivity contribution is 0.0963. The van der Waals surface area contributed by atoms with Gasteiger partial charge in [0.05, 0.1) is 11.4 Å². The van der Waals surface area contributed by atoms with Crippen LogP contribution in [0.5, 0.6) is 0 Å². The Balaban J connectivity index is 2.18. The molecule has 1 aliphatic heterocycles. The number of likely N-dealkylation sites (N-methyl/N-ethyl adjacent to an activating group) is 1. The highest BCUT2D eigenvalue weighted by Crippen LogP contribution is 2.28. The van der Waals surface area contributed by atoms with Crippen LogP contribution >= 0.6 is 0 Å². The summed E-state index contributed by atoms with van der Waals surface area (Å²) in [5, 5.41) is 2.61. The third kappa shape index (κ3) is 3.04. The Bertz CT molecular complexity index is 487. The molecular weight excluding hydrogens is 252 g/mol. The van der Waals surface area contributed by atoms with Gasteiger partial charge in [-0.1, -0.05) is 0 Å². The molecule has 110 valence electrons. The molecule has 0 aliphatic carbocycles. The molecule has 5 heteroatoms. The highest BCUT2D eigenvalue weighted by Gasteiger charge is 2.23. The van der Waals surface area contributed by atoms with Crippen LogP contribution < -0.4 is 16.0 Å². The molecule has 1 amide bonds. The van der Waals surface area contributed by atoms with Gasteiger partial charge < -0.3 is 20.9 Å². The van der Waals surface area contributed by atoms with Crippen LogP contribution in [0.2, 0.25) is 0 Å². The third-order valence-electron chi connectivity index (χ3n) is 3.98. The first kappa shape index (κ1) is 14.7. The minimum Gasteiger partial charge on any atom is -0.397 e. The molecule has 1 aliphatic rings. The van der Waals surface area contributed by atoms with Crippen molar-refractivity contribution in [3.05, 3.63) is 23.8 Å². The number of hydrogen-bond acceptors (Lipinski definition) is 4. The van der Waals surface area contributed by atoms with Gasteiger partial charge in [-0.15, -0.1) is 0 Å². The van der Waals surface area contributed by atoms with Crippen molar-refractivity contribution in [3.63, 3.8) is 0 Å². The number of piperidine rings is 1. The summed E-state index contributed by atoms with van der Waals surface area (Å²) in [7, 11) is 5.86. The number of rotatable bonds is 3. The molecule has 1 unspecified atom stereocenters. The van der Waals surface area contributed by atoms with Crippen LogP contribution in [0.1, 0.15) is 23.2 Å². The average molecular weight is 276 g/mol. The van der Waals surface area contributed by atoms with Crippen molar-refractivity contribution < 1.29 is 4.79 Å². The number of hydrogen-bond donors (Lipinski definition) is 2. The molecule has 2 rings (SSSR count). The number of carbonyl (C=O) groups excluding carboxylic acids is 1. The van der Waals surface area contributed by atoms with Crippen molar-refractivity contribution in [1.82, 2.24) is 10.2 Å². The van der Waals surface area contributed by atoms with Crippen molar-refractivity contribution in [1.29, 1.82) is 0 Å². The zero-order valence-electron chi connectivity index (χ0n) is 12.5. The molecule has 0 saturated carbocycles. The van der Waals surface area contributed by atoms with E-state index >= 15 is 0 Å². The number of benzene rings is 1. The maximum atomic E-state index is 11.6. The molecule has 3 N–H and O–H groups in total. The molecule has 1 saturated heterocycles. The third-order valence-corrected chi connectivity index (χ3v) is 3.98. The van der Waals surface area contributed by atoms with Gasteiger partial charge >= 0.3 is 0 Å². The Labute approximate surface area is 120 Å². The molecule has 0 radical (unpaired) electrons. The first-order valence-electron chi connectivity index (χ1n) is 7.06. The van der Waals surface area contributed by atoms with Gasteiger partial charge in [-0.25, -0.2) is 0 Å². The molecule has 1 heterocycles. The normalized spacial score (nSPS) is 19.2. The van der Waals surface area contributed by atoms with E-state index in [-0.39, 0.29) is 5.91 Å². The number of amides is 1. The lowest BCUT2D eigenvalue weighted by Gasteiger charge is -2.38. The van der Waals surface area contributed by atoms with Crippen LogP contribution in [0.4, 0.5) is 11.4 Å². The van der Waals surface area contributed by atoms with Gasteiger partial charge in [-0.05, 0) is 45.1 Å².